The molecule has 5 nitrogen and oxygen atoms in total. The van der Waals surface area contributed by atoms with Gasteiger partial charge in [0, 0.05) is 24.3 Å². The molecule has 0 saturated carbocycles. The summed E-state index contributed by atoms with van der Waals surface area (Å²) in [7, 11) is 0. The molecule has 0 aliphatic carbocycles. The Bertz CT molecular complexity index is 658. The Morgan fingerprint density at radius 1 is 1.23 bits per heavy atom. The van der Waals surface area contributed by atoms with Gasteiger partial charge >= 0.3 is 0 Å². The molecule has 1 fully saturated rings. The number of carbonyl (C=O) groups excluding carboxylic acids is 1. The van der Waals surface area contributed by atoms with Gasteiger partial charge in [0.1, 0.15) is 5.69 Å². The Hall–Kier alpha value is -2.11. The topological polar surface area (TPSA) is 54.5 Å². The van der Waals surface area contributed by atoms with E-state index in [0.717, 1.165) is 24.5 Å². The lowest BCUT2D eigenvalue weighted by Crippen LogP contribution is -2.36. The van der Waals surface area contributed by atoms with Crippen LogP contribution in [-0.4, -0.2) is 37.2 Å². The van der Waals surface area contributed by atoms with Crippen molar-refractivity contribution in [2.75, 3.05) is 36.5 Å². The first-order valence-electron chi connectivity index (χ1n) is 7.09. The average molecular weight is 318 g/mol. The number of aromatic nitrogens is 1. The van der Waals surface area contributed by atoms with E-state index in [-0.39, 0.29) is 5.91 Å². The summed E-state index contributed by atoms with van der Waals surface area (Å²) in [4.78, 5) is 18.5. The fraction of sp³-hybridized carbons (Fsp3) is 0.250. The molecule has 0 unspecified atom stereocenters. The zero-order valence-corrected chi connectivity index (χ0v) is 12.7. The third kappa shape index (κ3) is 3.37. The number of halogens is 1. The molecule has 2 aromatic rings. The van der Waals surface area contributed by atoms with Crippen LogP contribution in [0.3, 0.4) is 0 Å². The van der Waals surface area contributed by atoms with Gasteiger partial charge in [-0.3, -0.25) is 9.78 Å². The van der Waals surface area contributed by atoms with E-state index in [1.165, 1.54) is 0 Å². The second-order valence-corrected chi connectivity index (χ2v) is 5.37. The summed E-state index contributed by atoms with van der Waals surface area (Å²) in [5.41, 5.74) is 2.01. The number of hydrogen-bond donors (Lipinski definition) is 1. The minimum atomic E-state index is -0.238. The maximum absolute atomic E-state index is 12.3. The fourth-order valence-electron chi connectivity index (χ4n) is 2.36. The van der Waals surface area contributed by atoms with Gasteiger partial charge in [0.05, 0.1) is 24.6 Å². The van der Waals surface area contributed by atoms with Gasteiger partial charge in [-0.25, -0.2) is 0 Å². The highest BCUT2D eigenvalue weighted by Gasteiger charge is 2.17. The molecule has 6 heteroatoms. The number of pyridine rings is 1. The molecule has 1 aliphatic rings. The van der Waals surface area contributed by atoms with E-state index >= 15 is 0 Å². The number of amides is 1. The van der Waals surface area contributed by atoms with Crippen molar-refractivity contribution in [3.8, 4) is 0 Å². The monoisotopic (exact) mass is 317 g/mol. The van der Waals surface area contributed by atoms with E-state index < -0.39 is 0 Å². The number of nitrogens with one attached hydrogen (secondary N) is 1. The molecule has 0 spiro atoms. The van der Waals surface area contributed by atoms with Crippen molar-refractivity contribution in [1.29, 1.82) is 0 Å². The van der Waals surface area contributed by atoms with Crippen LogP contribution >= 0.6 is 11.6 Å². The standard InChI is InChI=1S/C16H16ClN3O2/c17-12-4-5-13(15(11-12)20-7-9-22-10-8-20)19-16(21)14-3-1-2-6-18-14/h1-6,11H,7-10H2,(H,19,21). The van der Waals surface area contributed by atoms with E-state index in [1.807, 2.05) is 12.1 Å². The van der Waals surface area contributed by atoms with Crippen molar-refractivity contribution in [2.24, 2.45) is 0 Å². The molecule has 0 radical (unpaired) electrons. The molecule has 1 N–H and O–H groups in total. The molecular formula is C16H16ClN3O2. The first-order valence-corrected chi connectivity index (χ1v) is 7.46. The van der Waals surface area contributed by atoms with Crippen molar-refractivity contribution in [2.45, 2.75) is 0 Å². The third-order valence-corrected chi connectivity index (χ3v) is 3.69. The van der Waals surface area contributed by atoms with Gasteiger partial charge in [0.25, 0.3) is 5.91 Å². The minimum absolute atomic E-state index is 0.238. The Morgan fingerprint density at radius 3 is 2.77 bits per heavy atom. The van der Waals surface area contributed by atoms with Gasteiger partial charge in [-0.05, 0) is 30.3 Å². The molecule has 1 aromatic heterocycles. The number of morpholine rings is 1. The van der Waals surface area contributed by atoms with Gasteiger partial charge in [0.2, 0.25) is 0 Å². The Kier molecular flexibility index (Phi) is 4.56. The molecule has 114 valence electrons. The largest absolute Gasteiger partial charge is 0.378 e. The van der Waals surface area contributed by atoms with Crippen LogP contribution in [0.2, 0.25) is 5.02 Å². The van der Waals surface area contributed by atoms with Gasteiger partial charge in [-0.2, -0.15) is 0 Å². The summed E-state index contributed by atoms with van der Waals surface area (Å²) in [5, 5.41) is 3.55. The summed E-state index contributed by atoms with van der Waals surface area (Å²) in [6.45, 7) is 2.87. The van der Waals surface area contributed by atoms with E-state index in [2.05, 4.69) is 15.2 Å². The van der Waals surface area contributed by atoms with Crippen molar-refractivity contribution in [3.63, 3.8) is 0 Å². The molecular weight excluding hydrogens is 302 g/mol. The predicted octanol–water partition coefficient (Wildman–Crippen LogP) is 2.82. The van der Waals surface area contributed by atoms with Crippen molar-refractivity contribution in [3.05, 3.63) is 53.3 Å². The van der Waals surface area contributed by atoms with Crippen LogP contribution in [0.25, 0.3) is 0 Å². The van der Waals surface area contributed by atoms with Gasteiger partial charge < -0.3 is 15.0 Å². The molecule has 1 aliphatic heterocycles. The predicted molar refractivity (Wildman–Crippen MR) is 86.7 cm³/mol. The second kappa shape index (κ2) is 6.77. The van der Waals surface area contributed by atoms with Crippen LogP contribution in [0, 0.1) is 0 Å². The quantitative estimate of drug-likeness (QED) is 0.946. The van der Waals surface area contributed by atoms with Crippen LogP contribution in [0.1, 0.15) is 10.5 Å². The van der Waals surface area contributed by atoms with E-state index in [4.69, 9.17) is 16.3 Å². The Labute approximate surface area is 133 Å². The maximum atomic E-state index is 12.3. The van der Waals surface area contributed by atoms with E-state index in [9.17, 15) is 4.79 Å². The van der Waals surface area contributed by atoms with Gasteiger partial charge in [-0.15, -0.1) is 0 Å². The smallest absolute Gasteiger partial charge is 0.274 e. The number of hydrogen-bond acceptors (Lipinski definition) is 4. The van der Waals surface area contributed by atoms with Crippen LogP contribution in [0.15, 0.2) is 42.6 Å². The lowest BCUT2D eigenvalue weighted by molar-refractivity contribution is 0.102. The summed E-state index contributed by atoms with van der Waals surface area (Å²) in [6.07, 6.45) is 1.60. The lowest BCUT2D eigenvalue weighted by Gasteiger charge is -2.30. The summed E-state index contributed by atoms with van der Waals surface area (Å²) in [5.74, 6) is -0.238. The third-order valence-electron chi connectivity index (χ3n) is 3.46. The molecule has 1 aromatic carbocycles. The van der Waals surface area contributed by atoms with Crippen molar-refractivity contribution >= 4 is 28.9 Å². The fourth-order valence-corrected chi connectivity index (χ4v) is 2.53. The van der Waals surface area contributed by atoms with Gasteiger partial charge in [-0.1, -0.05) is 17.7 Å². The average Bonchev–Trinajstić information content (AvgIpc) is 2.58. The first-order chi connectivity index (χ1) is 10.7. The number of ether oxygens (including phenoxy) is 1. The summed E-state index contributed by atoms with van der Waals surface area (Å²) >= 11 is 6.11. The molecule has 3 rings (SSSR count). The molecule has 1 amide bonds. The highest BCUT2D eigenvalue weighted by Crippen LogP contribution is 2.30. The zero-order chi connectivity index (χ0) is 15.4. The number of anilines is 2. The molecule has 1 saturated heterocycles. The molecule has 0 atom stereocenters. The van der Waals surface area contributed by atoms with Crippen molar-refractivity contribution < 1.29 is 9.53 Å². The van der Waals surface area contributed by atoms with Crippen LogP contribution in [-0.2, 0) is 4.74 Å². The highest BCUT2D eigenvalue weighted by molar-refractivity contribution is 6.31. The number of benzene rings is 1. The highest BCUT2D eigenvalue weighted by atomic mass is 35.5. The second-order valence-electron chi connectivity index (χ2n) is 4.93. The van der Waals surface area contributed by atoms with Crippen LogP contribution in [0.5, 0.6) is 0 Å². The molecule has 22 heavy (non-hydrogen) atoms. The Balaban J connectivity index is 1.85. The molecule has 2 heterocycles. The number of rotatable bonds is 3. The molecule has 0 bridgehead atoms. The van der Waals surface area contributed by atoms with E-state index in [1.54, 1.807) is 30.5 Å². The van der Waals surface area contributed by atoms with Crippen molar-refractivity contribution in [1.82, 2.24) is 4.98 Å². The number of nitrogens with zero attached hydrogens (tertiary/aromatic N) is 2. The normalized spacial score (nSPS) is 14.7. The van der Waals surface area contributed by atoms with Gasteiger partial charge in [0.15, 0.2) is 0 Å². The first kappa shape index (κ1) is 14.8. The van der Waals surface area contributed by atoms with E-state index in [0.29, 0.717) is 23.9 Å². The summed E-state index contributed by atoms with van der Waals surface area (Å²) < 4.78 is 5.37. The van der Waals surface area contributed by atoms with Crippen LogP contribution in [0.4, 0.5) is 11.4 Å². The zero-order valence-electron chi connectivity index (χ0n) is 12.0. The Morgan fingerprint density at radius 2 is 2.05 bits per heavy atom. The van der Waals surface area contributed by atoms with Crippen LogP contribution < -0.4 is 10.2 Å². The SMILES string of the molecule is O=C(Nc1ccc(Cl)cc1N1CCOCC1)c1ccccn1. The maximum Gasteiger partial charge on any atom is 0.274 e. The number of carbonyl (C=O) groups is 1. The minimum Gasteiger partial charge on any atom is -0.378 e. The lowest BCUT2D eigenvalue weighted by atomic mass is 10.2. The summed E-state index contributed by atoms with van der Waals surface area (Å²) in [6, 6.07) is 10.7.